The Hall–Kier alpha value is -2.54. The van der Waals surface area contributed by atoms with Crippen LogP contribution in [0.4, 0.5) is 17.1 Å². The summed E-state index contributed by atoms with van der Waals surface area (Å²) in [5, 5.41) is 0. The molecular formula is C24H27N. The smallest absolute Gasteiger partial charge is 0.0464 e. The highest BCUT2D eigenvalue weighted by atomic mass is 15.1. The van der Waals surface area contributed by atoms with Crippen molar-refractivity contribution in [1.29, 1.82) is 0 Å². The van der Waals surface area contributed by atoms with E-state index in [-0.39, 0.29) is 0 Å². The molecule has 25 heavy (non-hydrogen) atoms. The van der Waals surface area contributed by atoms with E-state index in [0.29, 0.717) is 5.92 Å². The standard InChI is InChI=1S/C24H27N/c1-5-20(4)21-12-14-22(15-13-21)25(23-10-6-8-18(2)16-23)24-11-7-9-19(3)17-24/h6-17,20H,5H2,1-4H3. The zero-order valence-corrected chi connectivity index (χ0v) is 15.7. The number of nitrogens with zero attached hydrogens (tertiary/aromatic N) is 1. The summed E-state index contributed by atoms with van der Waals surface area (Å²) in [6, 6.07) is 26.4. The zero-order chi connectivity index (χ0) is 17.8. The number of aryl methyl sites for hydroxylation is 2. The van der Waals surface area contributed by atoms with Crippen LogP contribution in [0.3, 0.4) is 0 Å². The van der Waals surface area contributed by atoms with Crippen molar-refractivity contribution < 1.29 is 0 Å². The Morgan fingerprint density at radius 1 is 0.720 bits per heavy atom. The van der Waals surface area contributed by atoms with Crippen LogP contribution in [0, 0.1) is 13.8 Å². The summed E-state index contributed by atoms with van der Waals surface area (Å²) in [6.45, 7) is 8.81. The van der Waals surface area contributed by atoms with Crippen molar-refractivity contribution in [3.05, 3.63) is 89.5 Å². The van der Waals surface area contributed by atoms with Crippen LogP contribution < -0.4 is 4.90 Å². The Bertz CT molecular complexity index is 787. The fraction of sp³-hybridized carbons (Fsp3) is 0.250. The van der Waals surface area contributed by atoms with Gasteiger partial charge < -0.3 is 4.90 Å². The lowest BCUT2D eigenvalue weighted by molar-refractivity contribution is 0.733. The minimum Gasteiger partial charge on any atom is -0.310 e. The third kappa shape index (κ3) is 3.93. The average Bonchev–Trinajstić information content (AvgIpc) is 2.62. The Labute approximate surface area is 151 Å². The summed E-state index contributed by atoms with van der Waals surface area (Å²) in [7, 11) is 0. The van der Waals surface area contributed by atoms with Crippen molar-refractivity contribution in [3.63, 3.8) is 0 Å². The van der Waals surface area contributed by atoms with Crippen LogP contribution in [0.1, 0.15) is 42.9 Å². The largest absolute Gasteiger partial charge is 0.310 e. The van der Waals surface area contributed by atoms with Gasteiger partial charge in [0.25, 0.3) is 0 Å². The van der Waals surface area contributed by atoms with Crippen molar-refractivity contribution in [2.24, 2.45) is 0 Å². The molecule has 3 aromatic rings. The maximum atomic E-state index is 2.33. The quantitative estimate of drug-likeness (QED) is 0.475. The normalized spacial score (nSPS) is 12.0. The molecule has 0 saturated heterocycles. The van der Waals surface area contributed by atoms with Crippen molar-refractivity contribution >= 4 is 17.1 Å². The van der Waals surface area contributed by atoms with Gasteiger partial charge in [-0.2, -0.15) is 0 Å². The third-order valence-electron chi connectivity index (χ3n) is 4.85. The van der Waals surface area contributed by atoms with E-state index in [1.807, 2.05) is 0 Å². The Morgan fingerprint density at radius 3 is 1.68 bits per heavy atom. The van der Waals surface area contributed by atoms with E-state index in [9.17, 15) is 0 Å². The molecule has 0 aliphatic heterocycles. The first-order valence-electron chi connectivity index (χ1n) is 9.12. The van der Waals surface area contributed by atoms with Gasteiger partial charge in [-0.25, -0.2) is 0 Å². The number of hydrogen-bond acceptors (Lipinski definition) is 1. The highest BCUT2D eigenvalue weighted by Crippen LogP contribution is 2.35. The molecule has 0 aliphatic rings. The SMILES string of the molecule is CCC(C)c1ccc(N(c2cccc(C)c2)c2cccc(C)c2)cc1. The first kappa shape index (κ1) is 17.3. The first-order chi connectivity index (χ1) is 12.1. The monoisotopic (exact) mass is 329 g/mol. The topological polar surface area (TPSA) is 3.24 Å². The second kappa shape index (κ2) is 7.57. The lowest BCUT2D eigenvalue weighted by Gasteiger charge is -2.26. The van der Waals surface area contributed by atoms with Crippen molar-refractivity contribution in [1.82, 2.24) is 0 Å². The maximum absolute atomic E-state index is 2.33. The highest BCUT2D eigenvalue weighted by Gasteiger charge is 2.13. The van der Waals surface area contributed by atoms with Crippen LogP contribution in [-0.2, 0) is 0 Å². The predicted octanol–water partition coefficient (Wildman–Crippen LogP) is 7.29. The van der Waals surface area contributed by atoms with Crippen LogP contribution in [0.25, 0.3) is 0 Å². The van der Waals surface area contributed by atoms with Crippen LogP contribution in [0.5, 0.6) is 0 Å². The van der Waals surface area contributed by atoms with Crippen LogP contribution in [-0.4, -0.2) is 0 Å². The summed E-state index contributed by atoms with van der Waals surface area (Å²) in [4.78, 5) is 2.33. The molecule has 1 unspecified atom stereocenters. The molecule has 0 fully saturated rings. The van der Waals surface area contributed by atoms with Crippen LogP contribution >= 0.6 is 0 Å². The van der Waals surface area contributed by atoms with E-state index < -0.39 is 0 Å². The van der Waals surface area contributed by atoms with Gasteiger partial charge in [-0.05, 0) is 79.3 Å². The van der Waals surface area contributed by atoms with Gasteiger partial charge in [0.05, 0.1) is 0 Å². The van der Waals surface area contributed by atoms with Gasteiger partial charge >= 0.3 is 0 Å². The van der Waals surface area contributed by atoms with Gasteiger partial charge in [0, 0.05) is 17.1 Å². The average molecular weight is 329 g/mol. The van der Waals surface area contributed by atoms with E-state index in [4.69, 9.17) is 0 Å². The number of hydrogen-bond donors (Lipinski definition) is 0. The van der Waals surface area contributed by atoms with E-state index in [2.05, 4.69) is 105 Å². The van der Waals surface area contributed by atoms with Gasteiger partial charge in [-0.3, -0.25) is 0 Å². The Kier molecular flexibility index (Phi) is 5.23. The van der Waals surface area contributed by atoms with E-state index in [1.54, 1.807) is 0 Å². The summed E-state index contributed by atoms with van der Waals surface area (Å²) in [6.07, 6.45) is 1.17. The Morgan fingerprint density at radius 2 is 1.24 bits per heavy atom. The molecule has 0 aromatic heterocycles. The van der Waals surface area contributed by atoms with Gasteiger partial charge in [-0.15, -0.1) is 0 Å². The lowest BCUT2D eigenvalue weighted by Crippen LogP contribution is -2.10. The summed E-state index contributed by atoms with van der Waals surface area (Å²) in [5.41, 5.74) is 7.53. The van der Waals surface area contributed by atoms with Gasteiger partial charge in [-0.1, -0.05) is 50.2 Å². The minimum atomic E-state index is 0.598. The zero-order valence-electron chi connectivity index (χ0n) is 15.7. The number of rotatable bonds is 5. The molecule has 0 bridgehead atoms. The predicted molar refractivity (Wildman–Crippen MR) is 109 cm³/mol. The summed E-state index contributed by atoms with van der Waals surface area (Å²) >= 11 is 0. The van der Waals surface area contributed by atoms with Gasteiger partial charge in [0.2, 0.25) is 0 Å². The molecule has 0 spiro atoms. The van der Waals surface area contributed by atoms with Crippen molar-refractivity contribution in [2.75, 3.05) is 4.90 Å². The fourth-order valence-electron chi connectivity index (χ4n) is 3.17. The molecular weight excluding hydrogens is 302 g/mol. The van der Waals surface area contributed by atoms with Gasteiger partial charge in [0.15, 0.2) is 0 Å². The number of benzene rings is 3. The molecule has 0 N–H and O–H groups in total. The third-order valence-corrected chi connectivity index (χ3v) is 4.85. The maximum Gasteiger partial charge on any atom is 0.0464 e. The minimum absolute atomic E-state index is 0.598. The second-order valence-electron chi connectivity index (χ2n) is 6.91. The molecule has 0 amide bonds. The lowest BCUT2D eigenvalue weighted by atomic mass is 9.98. The van der Waals surface area contributed by atoms with E-state index >= 15 is 0 Å². The molecule has 0 saturated carbocycles. The molecule has 128 valence electrons. The molecule has 1 nitrogen and oxygen atoms in total. The number of anilines is 3. The molecule has 1 atom stereocenters. The van der Waals surface area contributed by atoms with Crippen LogP contribution in [0.15, 0.2) is 72.8 Å². The van der Waals surface area contributed by atoms with Crippen molar-refractivity contribution in [3.8, 4) is 0 Å². The van der Waals surface area contributed by atoms with Gasteiger partial charge in [0.1, 0.15) is 0 Å². The summed E-state index contributed by atoms with van der Waals surface area (Å²) < 4.78 is 0. The Balaban J connectivity index is 2.08. The molecule has 0 heterocycles. The molecule has 1 heteroatoms. The van der Waals surface area contributed by atoms with Crippen LogP contribution in [0.2, 0.25) is 0 Å². The highest BCUT2D eigenvalue weighted by molar-refractivity contribution is 5.77. The molecule has 0 aliphatic carbocycles. The first-order valence-corrected chi connectivity index (χ1v) is 9.12. The molecule has 0 radical (unpaired) electrons. The van der Waals surface area contributed by atoms with E-state index in [1.165, 1.54) is 40.2 Å². The van der Waals surface area contributed by atoms with Crippen molar-refractivity contribution in [2.45, 2.75) is 40.0 Å². The summed E-state index contributed by atoms with van der Waals surface area (Å²) in [5.74, 6) is 0.598. The second-order valence-corrected chi connectivity index (χ2v) is 6.91. The molecule has 3 aromatic carbocycles. The van der Waals surface area contributed by atoms with E-state index in [0.717, 1.165) is 0 Å². The molecule has 3 rings (SSSR count). The fourth-order valence-corrected chi connectivity index (χ4v) is 3.17.